The van der Waals surface area contributed by atoms with Gasteiger partial charge in [-0.05, 0) is 68.1 Å². The predicted molar refractivity (Wildman–Crippen MR) is 124 cm³/mol. The van der Waals surface area contributed by atoms with Crippen LogP contribution in [0.3, 0.4) is 0 Å². The number of amides is 2. The number of anilines is 2. The molecule has 3 fully saturated rings. The summed E-state index contributed by atoms with van der Waals surface area (Å²) in [6.45, 7) is 6.18. The van der Waals surface area contributed by atoms with Gasteiger partial charge in [-0.2, -0.15) is 0 Å². The molecule has 2 aromatic rings. The number of nitrogens with one attached hydrogen (secondary N) is 1. The largest absolute Gasteiger partial charge is 0.396 e. The number of rotatable bonds is 3. The maximum Gasteiger partial charge on any atom is 0.323 e. The van der Waals surface area contributed by atoms with Crippen LogP contribution < -0.4 is 11.1 Å². The number of urea groups is 1. The molecule has 3 aliphatic rings. The molecule has 0 radical (unpaired) electrons. The van der Waals surface area contributed by atoms with Crippen molar-refractivity contribution in [2.24, 2.45) is 11.8 Å². The van der Waals surface area contributed by atoms with E-state index in [9.17, 15) is 9.18 Å². The summed E-state index contributed by atoms with van der Waals surface area (Å²) in [6, 6.07) is 10.1. The highest BCUT2D eigenvalue weighted by Crippen LogP contribution is 2.40. The highest BCUT2D eigenvalue weighted by Gasteiger charge is 2.44. The highest BCUT2D eigenvalue weighted by atomic mass is 19.1. The lowest BCUT2D eigenvalue weighted by atomic mass is 10.0. The van der Waals surface area contributed by atoms with Gasteiger partial charge < -0.3 is 15.5 Å². The number of nitrogens with zero attached hydrogens (tertiary/aromatic N) is 4. The van der Waals surface area contributed by atoms with Gasteiger partial charge in [-0.25, -0.2) is 14.2 Å². The minimum atomic E-state index is -0.299. The molecule has 32 heavy (non-hydrogen) atoms. The van der Waals surface area contributed by atoms with E-state index >= 15 is 0 Å². The molecule has 5 rings (SSSR count). The molecule has 0 bridgehead atoms. The standard InChI is InChI=1S/C24H31FN6O/c1-29-8-10-30(11-9-29)20-12-17-14-31(15-18(17)13-20)24(32)28-23-21(26)6-7-22(27-23)16-2-4-19(25)5-3-16/h2-7,17-18,20H,8-15,26H2,1H3,(H,27,28,32). The summed E-state index contributed by atoms with van der Waals surface area (Å²) >= 11 is 0. The molecule has 2 saturated heterocycles. The molecule has 2 aliphatic heterocycles. The minimum absolute atomic E-state index is 0.147. The number of carbonyl (C=O) groups excluding carboxylic acids is 1. The van der Waals surface area contributed by atoms with Crippen LogP contribution in [0.1, 0.15) is 12.8 Å². The lowest BCUT2D eigenvalue weighted by Gasteiger charge is -2.37. The Morgan fingerprint density at radius 2 is 1.69 bits per heavy atom. The van der Waals surface area contributed by atoms with Crippen molar-refractivity contribution in [2.75, 3.05) is 57.4 Å². The Morgan fingerprint density at radius 3 is 2.34 bits per heavy atom. The number of piperazine rings is 1. The molecule has 170 valence electrons. The van der Waals surface area contributed by atoms with Gasteiger partial charge in [-0.1, -0.05) is 0 Å². The first kappa shape index (κ1) is 21.2. The summed E-state index contributed by atoms with van der Waals surface area (Å²) in [7, 11) is 2.19. The van der Waals surface area contributed by atoms with Crippen LogP contribution in [0.5, 0.6) is 0 Å². The molecule has 7 nitrogen and oxygen atoms in total. The fourth-order valence-electron chi connectivity index (χ4n) is 5.45. The summed E-state index contributed by atoms with van der Waals surface area (Å²) in [4.78, 5) is 24.4. The molecule has 3 N–H and O–H groups in total. The van der Waals surface area contributed by atoms with Gasteiger partial charge in [-0.15, -0.1) is 0 Å². The molecule has 2 atom stereocenters. The van der Waals surface area contributed by atoms with Gasteiger partial charge in [0.25, 0.3) is 0 Å². The van der Waals surface area contributed by atoms with E-state index in [2.05, 4.69) is 27.1 Å². The number of carbonyl (C=O) groups is 1. The third kappa shape index (κ3) is 4.29. The Morgan fingerprint density at radius 1 is 1.03 bits per heavy atom. The fourth-order valence-corrected chi connectivity index (χ4v) is 5.45. The van der Waals surface area contributed by atoms with Crippen LogP contribution in [0.25, 0.3) is 11.3 Å². The molecule has 3 heterocycles. The Kier molecular flexibility index (Phi) is 5.73. The first-order chi connectivity index (χ1) is 15.5. The van der Waals surface area contributed by atoms with Crippen molar-refractivity contribution in [2.45, 2.75) is 18.9 Å². The lowest BCUT2D eigenvalue weighted by molar-refractivity contribution is 0.108. The fraction of sp³-hybridized carbons (Fsp3) is 0.500. The molecular weight excluding hydrogens is 407 g/mol. The minimum Gasteiger partial charge on any atom is -0.396 e. The zero-order chi connectivity index (χ0) is 22.2. The van der Waals surface area contributed by atoms with E-state index in [1.807, 2.05) is 4.90 Å². The normalized spacial score (nSPS) is 26.3. The maximum absolute atomic E-state index is 13.2. The summed E-state index contributed by atoms with van der Waals surface area (Å²) in [6.07, 6.45) is 2.36. The molecule has 2 amide bonds. The molecule has 1 aliphatic carbocycles. The highest BCUT2D eigenvalue weighted by molar-refractivity contribution is 5.92. The number of likely N-dealkylation sites (tertiary alicyclic amines) is 1. The van der Waals surface area contributed by atoms with Crippen LogP contribution in [-0.4, -0.2) is 78.1 Å². The van der Waals surface area contributed by atoms with E-state index in [-0.39, 0.29) is 11.8 Å². The van der Waals surface area contributed by atoms with Gasteiger partial charge >= 0.3 is 6.03 Å². The smallest absolute Gasteiger partial charge is 0.323 e. The SMILES string of the molecule is CN1CCN(C2CC3CN(C(=O)Nc4nc(-c5ccc(F)cc5)ccc4N)CC3C2)CC1. The molecule has 1 saturated carbocycles. The number of pyridine rings is 1. The predicted octanol–water partition coefficient (Wildman–Crippen LogP) is 2.96. The number of likely N-dealkylation sites (N-methyl/N-ethyl adjacent to an activating group) is 1. The van der Waals surface area contributed by atoms with Gasteiger partial charge in [-0.3, -0.25) is 10.2 Å². The van der Waals surface area contributed by atoms with Gasteiger partial charge in [0.05, 0.1) is 11.4 Å². The number of hydrogen-bond donors (Lipinski definition) is 2. The molecule has 8 heteroatoms. The lowest BCUT2D eigenvalue weighted by Crippen LogP contribution is -2.48. The van der Waals surface area contributed by atoms with Crippen molar-refractivity contribution < 1.29 is 9.18 Å². The zero-order valence-corrected chi connectivity index (χ0v) is 18.5. The number of nitrogens with two attached hydrogens (primary N) is 1. The van der Waals surface area contributed by atoms with Crippen LogP contribution in [0.4, 0.5) is 20.7 Å². The molecule has 0 spiro atoms. The van der Waals surface area contributed by atoms with Gasteiger partial charge in [0, 0.05) is 50.9 Å². The molecule has 1 aromatic carbocycles. The summed E-state index contributed by atoms with van der Waals surface area (Å²) < 4.78 is 13.2. The number of benzene rings is 1. The molecule has 1 aromatic heterocycles. The maximum atomic E-state index is 13.2. The van der Waals surface area contributed by atoms with Crippen LogP contribution in [-0.2, 0) is 0 Å². The second-order valence-electron chi connectivity index (χ2n) is 9.46. The van der Waals surface area contributed by atoms with Crippen LogP contribution in [0, 0.1) is 17.7 Å². The first-order valence-corrected chi connectivity index (χ1v) is 11.5. The van der Waals surface area contributed by atoms with E-state index in [1.54, 1.807) is 24.3 Å². The first-order valence-electron chi connectivity index (χ1n) is 11.5. The monoisotopic (exact) mass is 438 g/mol. The van der Waals surface area contributed by atoms with E-state index in [0.717, 1.165) is 44.8 Å². The van der Waals surface area contributed by atoms with Gasteiger partial charge in [0.1, 0.15) is 5.82 Å². The van der Waals surface area contributed by atoms with E-state index < -0.39 is 0 Å². The van der Waals surface area contributed by atoms with Crippen LogP contribution >= 0.6 is 0 Å². The molecule has 2 unspecified atom stereocenters. The topological polar surface area (TPSA) is 77.7 Å². The van der Waals surface area contributed by atoms with Gasteiger partial charge in [0.2, 0.25) is 0 Å². The van der Waals surface area contributed by atoms with Crippen molar-refractivity contribution in [3.05, 3.63) is 42.2 Å². The number of nitrogen functional groups attached to an aromatic ring is 1. The third-order valence-corrected chi connectivity index (χ3v) is 7.36. The quantitative estimate of drug-likeness (QED) is 0.771. The van der Waals surface area contributed by atoms with Crippen molar-refractivity contribution in [3.8, 4) is 11.3 Å². The number of fused-ring (bicyclic) bond motifs is 1. The van der Waals surface area contributed by atoms with Crippen molar-refractivity contribution in [1.82, 2.24) is 19.7 Å². The number of hydrogen-bond acceptors (Lipinski definition) is 5. The van der Waals surface area contributed by atoms with E-state index in [0.29, 0.717) is 35.1 Å². The third-order valence-electron chi connectivity index (χ3n) is 7.36. The second-order valence-corrected chi connectivity index (χ2v) is 9.46. The second kappa shape index (κ2) is 8.67. The Bertz CT molecular complexity index is 961. The molecular formula is C24H31FN6O. The number of halogens is 1. The Hall–Kier alpha value is -2.71. The van der Waals surface area contributed by atoms with Crippen LogP contribution in [0.2, 0.25) is 0 Å². The van der Waals surface area contributed by atoms with Crippen molar-refractivity contribution >= 4 is 17.5 Å². The Labute approximate surface area is 188 Å². The van der Waals surface area contributed by atoms with E-state index in [4.69, 9.17) is 5.73 Å². The van der Waals surface area contributed by atoms with Crippen LogP contribution in [0.15, 0.2) is 36.4 Å². The van der Waals surface area contributed by atoms with Crippen molar-refractivity contribution in [1.29, 1.82) is 0 Å². The summed E-state index contributed by atoms with van der Waals surface area (Å²) in [5, 5.41) is 2.90. The zero-order valence-electron chi connectivity index (χ0n) is 18.5. The summed E-state index contributed by atoms with van der Waals surface area (Å²) in [5.74, 6) is 1.19. The Balaban J connectivity index is 1.20. The summed E-state index contributed by atoms with van der Waals surface area (Å²) in [5.41, 5.74) is 7.90. The van der Waals surface area contributed by atoms with Gasteiger partial charge in [0.15, 0.2) is 5.82 Å². The van der Waals surface area contributed by atoms with Crippen molar-refractivity contribution in [3.63, 3.8) is 0 Å². The number of aromatic nitrogens is 1. The van der Waals surface area contributed by atoms with E-state index in [1.165, 1.54) is 25.0 Å². The average Bonchev–Trinajstić information content (AvgIpc) is 3.36. The average molecular weight is 439 g/mol.